The summed E-state index contributed by atoms with van der Waals surface area (Å²) in [5.74, 6) is -0.681. The number of halogens is 2. The van der Waals surface area contributed by atoms with Gasteiger partial charge in [-0.25, -0.2) is 4.79 Å². The molecule has 1 aromatic rings. The first-order chi connectivity index (χ1) is 11.6. The third-order valence-electron chi connectivity index (χ3n) is 3.99. The second-order valence-corrected chi connectivity index (χ2v) is 6.92. The van der Waals surface area contributed by atoms with Gasteiger partial charge in [-0.15, -0.1) is 0 Å². The normalized spacial score (nSPS) is 10.8. The maximum absolute atomic E-state index is 10.9. The van der Waals surface area contributed by atoms with Crippen LogP contribution in [-0.4, -0.2) is 17.7 Å². The molecule has 0 saturated heterocycles. The molecular formula is C19H28Cl2O3. The third kappa shape index (κ3) is 8.25. The number of benzene rings is 1. The van der Waals surface area contributed by atoms with Crippen LogP contribution in [0.5, 0.6) is 5.75 Å². The smallest absolute Gasteiger partial charge is 0.335 e. The predicted molar refractivity (Wildman–Crippen MR) is 101 cm³/mol. The fraction of sp³-hybridized carbons (Fsp3) is 0.632. The molecule has 0 unspecified atom stereocenters. The molecule has 0 amide bonds. The second-order valence-electron chi connectivity index (χ2n) is 6.10. The molecule has 1 aromatic carbocycles. The highest BCUT2D eigenvalue weighted by Gasteiger charge is 2.13. The molecule has 0 saturated carbocycles. The Labute approximate surface area is 155 Å². The van der Waals surface area contributed by atoms with Crippen molar-refractivity contribution in [3.8, 4) is 5.75 Å². The molecule has 0 aliphatic carbocycles. The molecule has 136 valence electrons. The van der Waals surface area contributed by atoms with Gasteiger partial charge in [-0.1, -0.05) is 87.9 Å². The number of hydrogen-bond donors (Lipinski definition) is 1. The van der Waals surface area contributed by atoms with Crippen molar-refractivity contribution in [2.24, 2.45) is 0 Å². The zero-order valence-electron chi connectivity index (χ0n) is 14.5. The molecule has 0 bridgehead atoms. The van der Waals surface area contributed by atoms with Gasteiger partial charge in [0.05, 0.1) is 22.2 Å². The number of unbranched alkanes of at least 4 members (excludes halogenated alkanes) is 9. The summed E-state index contributed by atoms with van der Waals surface area (Å²) in [6.07, 6.45) is 12.6. The zero-order chi connectivity index (χ0) is 17.8. The van der Waals surface area contributed by atoms with E-state index in [-0.39, 0.29) is 15.6 Å². The lowest BCUT2D eigenvalue weighted by atomic mass is 10.1. The molecule has 3 nitrogen and oxygen atoms in total. The molecule has 24 heavy (non-hydrogen) atoms. The van der Waals surface area contributed by atoms with E-state index in [2.05, 4.69) is 6.92 Å². The molecule has 1 N–H and O–H groups in total. The summed E-state index contributed by atoms with van der Waals surface area (Å²) in [6.45, 7) is 2.78. The molecule has 0 aromatic heterocycles. The van der Waals surface area contributed by atoms with Crippen LogP contribution in [0.1, 0.15) is 81.5 Å². The maximum Gasteiger partial charge on any atom is 0.335 e. The van der Waals surface area contributed by atoms with E-state index >= 15 is 0 Å². The highest BCUT2D eigenvalue weighted by atomic mass is 35.5. The minimum atomic E-state index is -1.06. The Bertz CT molecular complexity index is 480. The van der Waals surface area contributed by atoms with Crippen molar-refractivity contribution >= 4 is 29.2 Å². The van der Waals surface area contributed by atoms with E-state index in [1.54, 1.807) is 0 Å². The number of carboxylic acid groups (broad SMARTS) is 1. The highest BCUT2D eigenvalue weighted by Crippen LogP contribution is 2.34. The van der Waals surface area contributed by atoms with Crippen molar-refractivity contribution in [2.75, 3.05) is 6.61 Å². The Balaban J connectivity index is 2.14. The van der Waals surface area contributed by atoms with E-state index in [1.807, 2.05) is 0 Å². The predicted octanol–water partition coefficient (Wildman–Crippen LogP) is 6.99. The Morgan fingerprint density at radius 1 is 0.917 bits per heavy atom. The fourth-order valence-corrected chi connectivity index (χ4v) is 3.18. The van der Waals surface area contributed by atoms with Gasteiger partial charge in [0, 0.05) is 0 Å². The Kier molecular flexibility index (Phi) is 10.9. The summed E-state index contributed by atoms with van der Waals surface area (Å²) >= 11 is 12.1. The van der Waals surface area contributed by atoms with Crippen LogP contribution in [0.25, 0.3) is 0 Å². The van der Waals surface area contributed by atoms with Gasteiger partial charge in [0.2, 0.25) is 0 Å². The Hall–Kier alpha value is -0.930. The number of rotatable bonds is 13. The zero-order valence-corrected chi connectivity index (χ0v) is 16.0. The average molecular weight is 375 g/mol. The Morgan fingerprint density at radius 3 is 1.83 bits per heavy atom. The molecule has 1 rings (SSSR count). The van der Waals surface area contributed by atoms with Gasteiger partial charge in [-0.2, -0.15) is 0 Å². The van der Waals surface area contributed by atoms with Crippen LogP contribution in [-0.2, 0) is 0 Å². The lowest BCUT2D eigenvalue weighted by Gasteiger charge is -2.10. The van der Waals surface area contributed by atoms with Gasteiger partial charge in [0.1, 0.15) is 0 Å². The molecule has 0 heterocycles. The van der Waals surface area contributed by atoms with Crippen LogP contribution in [0.15, 0.2) is 12.1 Å². The van der Waals surface area contributed by atoms with Gasteiger partial charge in [0.25, 0.3) is 0 Å². The van der Waals surface area contributed by atoms with E-state index in [0.29, 0.717) is 12.4 Å². The van der Waals surface area contributed by atoms with Crippen molar-refractivity contribution in [2.45, 2.75) is 71.1 Å². The van der Waals surface area contributed by atoms with Crippen LogP contribution >= 0.6 is 23.2 Å². The summed E-state index contributed by atoms with van der Waals surface area (Å²) in [5.41, 5.74) is 0.0660. The maximum atomic E-state index is 10.9. The first-order valence-corrected chi connectivity index (χ1v) is 9.67. The number of ether oxygens (including phenoxy) is 1. The highest BCUT2D eigenvalue weighted by molar-refractivity contribution is 6.37. The molecule has 0 fully saturated rings. The molecule has 0 spiro atoms. The summed E-state index contributed by atoms with van der Waals surface area (Å²) in [4.78, 5) is 10.9. The van der Waals surface area contributed by atoms with E-state index in [4.69, 9.17) is 33.0 Å². The number of carbonyl (C=O) groups is 1. The van der Waals surface area contributed by atoms with Crippen LogP contribution in [0.2, 0.25) is 10.0 Å². The van der Waals surface area contributed by atoms with Crippen molar-refractivity contribution in [1.29, 1.82) is 0 Å². The fourth-order valence-electron chi connectivity index (χ4n) is 2.58. The summed E-state index contributed by atoms with van der Waals surface area (Å²) < 4.78 is 5.62. The lowest BCUT2D eigenvalue weighted by molar-refractivity contribution is 0.0697. The first kappa shape index (κ1) is 21.1. The molecule has 0 radical (unpaired) electrons. The van der Waals surface area contributed by atoms with Crippen LogP contribution in [0.4, 0.5) is 0 Å². The molecular weight excluding hydrogens is 347 g/mol. The summed E-state index contributed by atoms with van der Waals surface area (Å²) in [7, 11) is 0. The monoisotopic (exact) mass is 374 g/mol. The SMILES string of the molecule is CCCCCCCCCCCCOc1c(Cl)cc(C(=O)O)cc1Cl. The lowest BCUT2D eigenvalue weighted by Crippen LogP contribution is -2.01. The quantitative estimate of drug-likeness (QED) is 0.378. The molecule has 5 heteroatoms. The van der Waals surface area contributed by atoms with Crippen LogP contribution in [0, 0.1) is 0 Å². The van der Waals surface area contributed by atoms with Crippen LogP contribution in [0.3, 0.4) is 0 Å². The molecule has 0 aliphatic heterocycles. The van der Waals surface area contributed by atoms with Gasteiger partial charge in [0.15, 0.2) is 5.75 Å². The molecule has 0 atom stereocenters. The van der Waals surface area contributed by atoms with E-state index in [9.17, 15) is 4.79 Å². The van der Waals surface area contributed by atoms with Crippen molar-refractivity contribution in [3.63, 3.8) is 0 Å². The second kappa shape index (κ2) is 12.4. The minimum Gasteiger partial charge on any atom is -0.490 e. The van der Waals surface area contributed by atoms with E-state index in [1.165, 1.54) is 63.5 Å². The van der Waals surface area contributed by atoms with Crippen molar-refractivity contribution in [3.05, 3.63) is 27.7 Å². The number of aromatic carboxylic acids is 1. The minimum absolute atomic E-state index is 0.0660. The van der Waals surface area contributed by atoms with E-state index in [0.717, 1.165) is 12.8 Å². The van der Waals surface area contributed by atoms with Crippen LogP contribution < -0.4 is 4.74 Å². The number of hydrogen-bond acceptors (Lipinski definition) is 2. The van der Waals surface area contributed by atoms with Gasteiger partial charge in [-0.3, -0.25) is 0 Å². The molecule has 0 aliphatic rings. The summed E-state index contributed by atoms with van der Waals surface area (Å²) in [5, 5.41) is 9.43. The first-order valence-electron chi connectivity index (χ1n) is 8.91. The van der Waals surface area contributed by atoms with Gasteiger partial charge in [-0.05, 0) is 18.6 Å². The topological polar surface area (TPSA) is 46.5 Å². The van der Waals surface area contributed by atoms with Crippen molar-refractivity contribution < 1.29 is 14.6 Å². The Morgan fingerprint density at radius 2 is 1.38 bits per heavy atom. The average Bonchev–Trinajstić information content (AvgIpc) is 2.54. The largest absolute Gasteiger partial charge is 0.490 e. The van der Waals surface area contributed by atoms with Crippen molar-refractivity contribution in [1.82, 2.24) is 0 Å². The van der Waals surface area contributed by atoms with E-state index < -0.39 is 5.97 Å². The summed E-state index contributed by atoms with van der Waals surface area (Å²) in [6, 6.07) is 2.73. The van der Waals surface area contributed by atoms with Gasteiger partial charge >= 0.3 is 5.97 Å². The number of carboxylic acids is 1. The standard InChI is InChI=1S/C19H28Cl2O3/c1-2-3-4-5-6-7-8-9-10-11-12-24-18-16(20)13-15(19(22)23)14-17(18)21/h13-14H,2-12H2,1H3,(H,22,23). The third-order valence-corrected chi connectivity index (χ3v) is 4.55. The van der Waals surface area contributed by atoms with Gasteiger partial charge < -0.3 is 9.84 Å².